The van der Waals surface area contributed by atoms with E-state index in [1.807, 2.05) is 11.4 Å². The second-order valence-corrected chi connectivity index (χ2v) is 4.90. The lowest BCUT2D eigenvalue weighted by molar-refractivity contribution is 0.690. The zero-order valence-electron chi connectivity index (χ0n) is 10.2. The first-order valence-corrected chi connectivity index (χ1v) is 6.56. The summed E-state index contributed by atoms with van der Waals surface area (Å²) in [5, 5.41) is 2.71. The van der Waals surface area contributed by atoms with Gasteiger partial charge in [0, 0.05) is 12.3 Å². The van der Waals surface area contributed by atoms with Gasteiger partial charge in [-0.15, -0.1) is 11.3 Å². The fourth-order valence-corrected chi connectivity index (χ4v) is 2.58. The Labute approximate surface area is 115 Å². The van der Waals surface area contributed by atoms with Gasteiger partial charge in [0.2, 0.25) is 0 Å². The van der Waals surface area contributed by atoms with Gasteiger partial charge in [-0.3, -0.25) is 14.3 Å². The van der Waals surface area contributed by atoms with Crippen LogP contribution in [0.1, 0.15) is 5.82 Å². The Balaban J connectivity index is 2.06. The predicted molar refractivity (Wildman–Crippen MR) is 75.6 cm³/mol. The highest BCUT2D eigenvalue weighted by Crippen LogP contribution is 2.24. The minimum atomic E-state index is -0.505. The van der Waals surface area contributed by atoms with Crippen LogP contribution in [0.15, 0.2) is 33.3 Å². The third-order valence-corrected chi connectivity index (χ3v) is 3.52. The molecule has 8 nitrogen and oxygen atoms in total. The van der Waals surface area contributed by atoms with Gasteiger partial charge < -0.3 is 5.43 Å². The van der Waals surface area contributed by atoms with E-state index in [2.05, 4.69) is 20.4 Å². The van der Waals surface area contributed by atoms with E-state index in [0.717, 1.165) is 10.2 Å². The molecule has 0 amide bonds. The second kappa shape index (κ2) is 4.87. The number of anilines is 1. The Bertz CT molecular complexity index is 880. The number of hydrazine groups is 1. The third-order valence-electron chi connectivity index (χ3n) is 2.72. The van der Waals surface area contributed by atoms with E-state index in [4.69, 9.17) is 5.84 Å². The number of rotatable bonds is 3. The van der Waals surface area contributed by atoms with Gasteiger partial charge in [-0.25, -0.2) is 20.6 Å². The number of nitrogens with zero attached hydrogens (tertiary/aromatic N) is 3. The molecule has 0 atom stereocenters. The van der Waals surface area contributed by atoms with Crippen LogP contribution in [0.25, 0.3) is 10.2 Å². The number of H-pyrrole nitrogens is 1. The molecule has 0 radical (unpaired) electrons. The van der Waals surface area contributed by atoms with E-state index in [1.165, 1.54) is 28.2 Å². The maximum atomic E-state index is 11.6. The van der Waals surface area contributed by atoms with Gasteiger partial charge in [0.05, 0.1) is 11.9 Å². The van der Waals surface area contributed by atoms with E-state index in [1.54, 1.807) is 0 Å². The van der Waals surface area contributed by atoms with Gasteiger partial charge in [0.25, 0.3) is 5.56 Å². The van der Waals surface area contributed by atoms with Crippen molar-refractivity contribution >= 4 is 27.4 Å². The highest BCUT2D eigenvalue weighted by molar-refractivity contribution is 7.16. The first-order valence-electron chi connectivity index (χ1n) is 5.68. The third kappa shape index (κ3) is 2.19. The average molecular weight is 290 g/mol. The Morgan fingerprint density at radius 1 is 1.35 bits per heavy atom. The average Bonchev–Trinajstić information content (AvgIpc) is 2.89. The SMILES string of the molecule is NNc1nc(Cn2ccc(=O)[nH]c2=O)nc2sccc12. The van der Waals surface area contributed by atoms with E-state index in [-0.39, 0.29) is 6.54 Å². The highest BCUT2D eigenvalue weighted by Gasteiger charge is 2.09. The monoisotopic (exact) mass is 290 g/mol. The molecule has 3 aromatic rings. The molecular weight excluding hydrogens is 280 g/mol. The molecule has 0 saturated heterocycles. The lowest BCUT2D eigenvalue weighted by Gasteiger charge is -2.06. The molecule has 3 heterocycles. The molecule has 0 fully saturated rings. The van der Waals surface area contributed by atoms with Crippen LogP contribution in [-0.2, 0) is 6.54 Å². The molecule has 0 bridgehead atoms. The molecule has 20 heavy (non-hydrogen) atoms. The molecule has 3 aromatic heterocycles. The first-order chi connectivity index (χ1) is 9.67. The summed E-state index contributed by atoms with van der Waals surface area (Å²) in [6, 6.07) is 3.14. The van der Waals surface area contributed by atoms with E-state index < -0.39 is 11.2 Å². The summed E-state index contributed by atoms with van der Waals surface area (Å²) in [6.07, 6.45) is 1.40. The highest BCUT2D eigenvalue weighted by atomic mass is 32.1. The van der Waals surface area contributed by atoms with Crippen molar-refractivity contribution in [1.29, 1.82) is 0 Å². The van der Waals surface area contributed by atoms with Crippen molar-refractivity contribution in [3.63, 3.8) is 0 Å². The van der Waals surface area contributed by atoms with Crippen LogP contribution in [0.2, 0.25) is 0 Å². The van der Waals surface area contributed by atoms with Gasteiger partial charge in [-0.05, 0) is 11.4 Å². The second-order valence-electron chi connectivity index (χ2n) is 4.01. The van der Waals surface area contributed by atoms with E-state index in [0.29, 0.717) is 11.6 Å². The fraction of sp³-hybridized carbons (Fsp3) is 0.0909. The Hall–Kier alpha value is -2.52. The fourth-order valence-electron chi connectivity index (χ4n) is 1.80. The molecule has 0 aromatic carbocycles. The summed E-state index contributed by atoms with van der Waals surface area (Å²) in [5.41, 5.74) is 1.57. The van der Waals surface area contributed by atoms with Crippen LogP contribution in [-0.4, -0.2) is 19.5 Å². The summed E-state index contributed by atoms with van der Waals surface area (Å²) in [6.45, 7) is 0.151. The quantitative estimate of drug-likeness (QED) is 0.457. The lowest BCUT2D eigenvalue weighted by Crippen LogP contribution is -2.29. The summed E-state index contributed by atoms with van der Waals surface area (Å²) in [4.78, 5) is 34.2. The predicted octanol–water partition coefficient (Wildman–Crippen LogP) is -0.125. The number of thiophene rings is 1. The molecule has 0 saturated carbocycles. The number of nitrogen functional groups attached to an aromatic ring is 1. The van der Waals surface area contributed by atoms with Gasteiger partial charge in [0.15, 0.2) is 11.6 Å². The Kier molecular flexibility index (Phi) is 3.05. The molecule has 0 unspecified atom stereocenters. The number of fused-ring (bicyclic) bond motifs is 1. The van der Waals surface area contributed by atoms with E-state index >= 15 is 0 Å². The summed E-state index contributed by atoms with van der Waals surface area (Å²) >= 11 is 1.46. The topological polar surface area (TPSA) is 119 Å². The minimum Gasteiger partial charge on any atom is -0.308 e. The molecule has 102 valence electrons. The van der Waals surface area contributed by atoms with Crippen molar-refractivity contribution in [1.82, 2.24) is 19.5 Å². The van der Waals surface area contributed by atoms with Gasteiger partial charge in [-0.1, -0.05) is 0 Å². The summed E-state index contributed by atoms with van der Waals surface area (Å²) in [5.74, 6) is 6.37. The largest absolute Gasteiger partial charge is 0.328 e. The number of aromatic nitrogens is 4. The van der Waals surface area contributed by atoms with E-state index in [9.17, 15) is 9.59 Å². The Morgan fingerprint density at radius 2 is 2.20 bits per heavy atom. The molecule has 0 aliphatic rings. The van der Waals surface area contributed by atoms with Gasteiger partial charge in [-0.2, -0.15) is 0 Å². The van der Waals surface area contributed by atoms with Crippen molar-refractivity contribution < 1.29 is 0 Å². The van der Waals surface area contributed by atoms with Gasteiger partial charge in [0.1, 0.15) is 4.83 Å². The van der Waals surface area contributed by atoms with Crippen LogP contribution in [0.3, 0.4) is 0 Å². The van der Waals surface area contributed by atoms with Crippen LogP contribution in [0.4, 0.5) is 5.82 Å². The van der Waals surface area contributed by atoms with Crippen LogP contribution >= 0.6 is 11.3 Å². The van der Waals surface area contributed by atoms with Gasteiger partial charge >= 0.3 is 5.69 Å². The number of aromatic amines is 1. The molecular formula is C11H10N6O2S. The molecule has 0 aliphatic carbocycles. The summed E-state index contributed by atoms with van der Waals surface area (Å²) in [7, 11) is 0. The Morgan fingerprint density at radius 3 is 2.95 bits per heavy atom. The van der Waals surface area contributed by atoms with Crippen molar-refractivity contribution in [2.75, 3.05) is 5.43 Å². The van der Waals surface area contributed by atoms with Crippen molar-refractivity contribution in [2.45, 2.75) is 6.54 Å². The van der Waals surface area contributed by atoms with Crippen molar-refractivity contribution in [3.8, 4) is 0 Å². The lowest BCUT2D eigenvalue weighted by atomic mass is 10.4. The first kappa shape index (κ1) is 12.5. The number of hydrogen-bond donors (Lipinski definition) is 3. The molecule has 0 aliphatic heterocycles. The number of hydrogen-bond acceptors (Lipinski definition) is 7. The smallest absolute Gasteiger partial charge is 0.308 e. The van der Waals surface area contributed by atoms with Crippen LogP contribution < -0.4 is 22.5 Å². The molecule has 9 heteroatoms. The van der Waals surface area contributed by atoms with Crippen molar-refractivity contribution in [3.05, 3.63) is 50.4 Å². The minimum absolute atomic E-state index is 0.151. The maximum Gasteiger partial charge on any atom is 0.328 e. The number of nitrogens with one attached hydrogen (secondary N) is 2. The standard InChI is InChI=1S/C11H10N6O2S/c12-16-9-6-2-4-20-10(6)14-7(13-9)5-17-3-1-8(18)15-11(17)19/h1-4H,5,12H2,(H,13,14,16)(H,15,18,19). The molecule has 0 spiro atoms. The zero-order chi connectivity index (χ0) is 14.1. The maximum absolute atomic E-state index is 11.6. The molecule has 3 rings (SSSR count). The molecule has 4 N–H and O–H groups in total. The zero-order valence-corrected chi connectivity index (χ0v) is 11.0. The van der Waals surface area contributed by atoms with Crippen molar-refractivity contribution in [2.24, 2.45) is 5.84 Å². The number of nitrogens with two attached hydrogens (primary N) is 1. The normalized spacial score (nSPS) is 10.8. The van der Waals surface area contributed by atoms with Crippen LogP contribution in [0.5, 0.6) is 0 Å². The van der Waals surface area contributed by atoms with Crippen LogP contribution in [0, 0.1) is 0 Å². The summed E-state index contributed by atoms with van der Waals surface area (Å²) < 4.78 is 1.32.